The van der Waals surface area contributed by atoms with Gasteiger partial charge in [-0.1, -0.05) is 0 Å². The van der Waals surface area contributed by atoms with Gasteiger partial charge in [-0.15, -0.1) is 12.4 Å². The molecular weight excluding hydrogens is 212 g/mol. The molecule has 0 aromatic rings. The van der Waals surface area contributed by atoms with Crippen molar-refractivity contribution in [2.75, 3.05) is 20.1 Å². The molecule has 0 aromatic carbocycles. The van der Waals surface area contributed by atoms with E-state index in [0.29, 0.717) is 17.9 Å². The average molecular weight is 233 g/mol. The van der Waals surface area contributed by atoms with Crippen LogP contribution in [0.2, 0.25) is 0 Å². The molecular formula is C11H21ClN2O. The highest BCUT2D eigenvalue weighted by molar-refractivity contribution is 5.85. The quantitative estimate of drug-likeness (QED) is 0.798. The minimum Gasteiger partial charge on any atom is -0.343 e. The zero-order chi connectivity index (χ0) is 9.97. The largest absolute Gasteiger partial charge is 0.343 e. The van der Waals surface area contributed by atoms with Crippen LogP contribution in [-0.4, -0.2) is 37.0 Å². The molecule has 0 aromatic heterocycles. The predicted octanol–water partition coefficient (Wildman–Crippen LogP) is 1.42. The molecule has 1 aliphatic heterocycles. The van der Waals surface area contributed by atoms with Crippen molar-refractivity contribution < 1.29 is 4.79 Å². The summed E-state index contributed by atoms with van der Waals surface area (Å²) in [6, 6.07) is 0.488. The number of hydrogen-bond acceptors (Lipinski definition) is 2. The zero-order valence-corrected chi connectivity index (χ0v) is 10.2. The van der Waals surface area contributed by atoms with E-state index in [1.54, 1.807) is 0 Å². The Kier molecular flexibility index (Phi) is 4.87. The number of halogens is 1. The first-order valence-corrected chi connectivity index (χ1v) is 5.74. The van der Waals surface area contributed by atoms with Gasteiger partial charge >= 0.3 is 0 Å². The van der Waals surface area contributed by atoms with Crippen molar-refractivity contribution in [1.29, 1.82) is 0 Å². The summed E-state index contributed by atoms with van der Waals surface area (Å²) in [6.07, 6.45) is 5.57. The SMILES string of the molecule is CN(C(=O)CC1CC1)C1CCNCC1.Cl. The average Bonchev–Trinajstić information content (AvgIpc) is 3.02. The van der Waals surface area contributed by atoms with Gasteiger partial charge in [0, 0.05) is 19.5 Å². The predicted molar refractivity (Wildman–Crippen MR) is 63.3 cm³/mol. The van der Waals surface area contributed by atoms with Crippen LogP contribution in [0, 0.1) is 5.92 Å². The van der Waals surface area contributed by atoms with Crippen LogP contribution < -0.4 is 5.32 Å². The molecule has 88 valence electrons. The van der Waals surface area contributed by atoms with Crippen molar-refractivity contribution in [2.45, 2.75) is 38.1 Å². The minimum atomic E-state index is 0. The lowest BCUT2D eigenvalue weighted by Gasteiger charge is -2.31. The maximum absolute atomic E-state index is 11.8. The van der Waals surface area contributed by atoms with E-state index in [1.165, 1.54) is 12.8 Å². The first-order chi connectivity index (χ1) is 6.77. The molecule has 4 heteroatoms. The number of hydrogen-bond donors (Lipinski definition) is 1. The summed E-state index contributed by atoms with van der Waals surface area (Å²) in [6.45, 7) is 2.12. The maximum atomic E-state index is 11.8. The molecule has 2 rings (SSSR count). The van der Waals surface area contributed by atoms with Crippen LogP contribution in [0.5, 0.6) is 0 Å². The summed E-state index contributed by atoms with van der Waals surface area (Å²) in [7, 11) is 1.97. The number of piperidine rings is 1. The van der Waals surface area contributed by atoms with E-state index in [-0.39, 0.29) is 12.4 Å². The third kappa shape index (κ3) is 3.65. The summed E-state index contributed by atoms with van der Waals surface area (Å²) in [5, 5.41) is 3.32. The lowest BCUT2D eigenvalue weighted by molar-refractivity contribution is -0.132. The van der Waals surface area contributed by atoms with Gasteiger partial charge in [0.05, 0.1) is 0 Å². The first kappa shape index (κ1) is 12.8. The molecule has 0 atom stereocenters. The fourth-order valence-electron chi connectivity index (χ4n) is 2.11. The van der Waals surface area contributed by atoms with Gasteiger partial charge in [-0.25, -0.2) is 0 Å². The highest BCUT2D eigenvalue weighted by atomic mass is 35.5. The highest BCUT2D eigenvalue weighted by Crippen LogP contribution is 2.33. The molecule has 1 saturated heterocycles. The van der Waals surface area contributed by atoms with E-state index in [0.717, 1.165) is 32.4 Å². The number of amides is 1. The fraction of sp³-hybridized carbons (Fsp3) is 0.909. The Morgan fingerprint density at radius 1 is 1.27 bits per heavy atom. The fourth-order valence-corrected chi connectivity index (χ4v) is 2.11. The van der Waals surface area contributed by atoms with Gasteiger partial charge in [-0.2, -0.15) is 0 Å². The van der Waals surface area contributed by atoms with Gasteiger partial charge in [0.1, 0.15) is 0 Å². The van der Waals surface area contributed by atoms with Crippen LogP contribution in [-0.2, 0) is 4.79 Å². The van der Waals surface area contributed by atoms with Crippen molar-refractivity contribution >= 4 is 18.3 Å². The number of nitrogens with one attached hydrogen (secondary N) is 1. The summed E-state index contributed by atoms with van der Waals surface area (Å²) >= 11 is 0. The molecule has 1 amide bonds. The van der Waals surface area contributed by atoms with E-state index in [4.69, 9.17) is 0 Å². The van der Waals surface area contributed by atoms with E-state index >= 15 is 0 Å². The molecule has 2 aliphatic rings. The molecule has 0 unspecified atom stereocenters. The van der Waals surface area contributed by atoms with Crippen LogP contribution in [0.25, 0.3) is 0 Å². The second kappa shape index (κ2) is 5.71. The first-order valence-electron chi connectivity index (χ1n) is 5.74. The molecule has 15 heavy (non-hydrogen) atoms. The molecule has 1 heterocycles. The van der Waals surface area contributed by atoms with Gasteiger partial charge in [0.2, 0.25) is 5.91 Å². The monoisotopic (exact) mass is 232 g/mol. The van der Waals surface area contributed by atoms with E-state index in [9.17, 15) is 4.79 Å². The Balaban J connectivity index is 0.00000112. The van der Waals surface area contributed by atoms with E-state index in [2.05, 4.69) is 5.32 Å². The van der Waals surface area contributed by atoms with Crippen molar-refractivity contribution in [2.24, 2.45) is 5.92 Å². The standard InChI is InChI=1S/C11H20N2O.ClH/c1-13(10-4-6-12-7-5-10)11(14)8-9-2-3-9;/h9-10,12H,2-8H2,1H3;1H. The normalized spacial score (nSPS) is 21.9. The van der Waals surface area contributed by atoms with Crippen LogP contribution in [0.4, 0.5) is 0 Å². The summed E-state index contributed by atoms with van der Waals surface area (Å²) in [5.74, 6) is 1.08. The smallest absolute Gasteiger partial charge is 0.222 e. The number of nitrogens with zero attached hydrogens (tertiary/aromatic N) is 1. The van der Waals surface area contributed by atoms with Gasteiger partial charge in [-0.05, 0) is 44.7 Å². The summed E-state index contributed by atoms with van der Waals surface area (Å²) < 4.78 is 0. The highest BCUT2D eigenvalue weighted by Gasteiger charge is 2.28. The molecule has 3 nitrogen and oxygen atoms in total. The third-order valence-corrected chi connectivity index (χ3v) is 3.41. The Morgan fingerprint density at radius 2 is 1.87 bits per heavy atom. The van der Waals surface area contributed by atoms with E-state index in [1.807, 2.05) is 11.9 Å². The lowest BCUT2D eigenvalue weighted by Crippen LogP contribution is -2.44. The summed E-state index contributed by atoms with van der Waals surface area (Å²) in [4.78, 5) is 13.8. The lowest BCUT2D eigenvalue weighted by atomic mass is 10.0. The second-order valence-electron chi connectivity index (χ2n) is 4.63. The molecule has 0 radical (unpaired) electrons. The number of carbonyl (C=O) groups excluding carboxylic acids is 1. The topological polar surface area (TPSA) is 32.3 Å². The van der Waals surface area contributed by atoms with E-state index < -0.39 is 0 Å². The van der Waals surface area contributed by atoms with Crippen molar-refractivity contribution in [3.05, 3.63) is 0 Å². The van der Waals surface area contributed by atoms with Crippen LogP contribution in [0.15, 0.2) is 0 Å². The third-order valence-electron chi connectivity index (χ3n) is 3.41. The maximum Gasteiger partial charge on any atom is 0.222 e. The number of carbonyl (C=O) groups is 1. The van der Waals surface area contributed by atoms with Gasteiger partial charge < -0.3 is 10.2 Å². The second-order valence-corrected chi connectivity index (χ2v) is 4.63. The molecule has 2 fully saturated rings. The van der Waals surface area contributed by atoms with Crippen LogP contribution in [0.1, 0.15) is 32.1 Å². The molecule has 0 bridgehead atoms. The van der Waals surface area contributed by atoms with Gasteiger partial charge in [-0.3, -0.25) is 4.79 Å². The summed E-state index contributed by atoms with van der Waals surface area (Å²) in [5.41, 5.74) is 0. The van der Waals surface area contributed by atoms with Crippen LogP contribution >= 0.6 is 12.4 Å². The van der Waals surface area contributed by atoms with Crippen molar-refractivity contribution in [3.63, 3.8) is 0 Å². The van der Waals surface area contributed by atoms with Crippen molar-refractivity contribution in [1.82, 2.24) is 10.2 Å². The zero-order valence-electron chi connectivity index (χ0n) is 9.37. The van der Waals surface area contributed by atoms with Crippen molar-refractivity contribution in [3.8, 4) is 0 Å². The molecule has 1 aliphatic carbocycles. The molecule has 1 N–H and O–H groups in total. The van der Waals surface area contributed by atoms with Crippen LogP contribution in [0.3, 0.4) is 0 Å². The van der Waals surface area contributed by atoms with Gasteiger partial charge in [0.15, 0.2) is 0 Å². The molecule has 1 saturated carbocycles. The van der Waals surface area contributed by atoms with Gasteiger partial charge in [0.25, 0.3) is 0 Å². The Morgan fingerprint density at radius 3 is 2.40 bits per heavy atom. The molecule has 0 spiro atoms. The number of rotatable bonds is 3. The Hall–Kier alpha value is -0.280. The Labute approximate surface area is 98.0 Å². The Bertz CT molecular complexity index is 213. The minimum absolute atomic E-state index is 0.